The molecular weight excluding hydrogens is 304 g/mol. The van der Waals surface area contributed by atoms with Crippen molar-refractivity contribution in [1.82, 2.24) is 5.32 Å². The number of nitrogens with one attached hydrogen (secondary N) is 1. The molecule has 1 aromatic carbocycles. The molecular formula is C19H22N2O3. The first-order valence-electron chi connectivity index (χ1n) is 8.16. The summed E-state index contributed by atoms with van der Waals surface area (Å²) < 4.78 is 4.64. The van der Waals surface area contributed by atoms with Gasteiger partial charge in [0.05, 0.1) is 12.7 Å². The number of nitriles is 1. The highest BCUT2D eigenvalue weighted by Crippen LogP contribution is 2.24. The van der Waals surface area contributed by atoms with Crippen LogP contribution in [0.3, 0.4) is 0 Å². The zero-order valence-corrected chi connectivity index (χ0v) is 14.0. The Morgan fingerprint density at radius 1 is 1.25 bits per heavy atom. The number of carbonyl (C=O) groups is 2. The largest absolute Gasteiger partial charge is 0.465 e. The Morgan fingerprint density at radius 3 is 2.50 bits per heavy atom. The summed E-state index contributed by atoms with van der Waals surface area (Å²) in [7, 11) is 1.32. The van der Waals surface area contributed by atoms with Crippen molar-refractivity contribution < 1.29 is 14.3 Å². The molecule has 1 aliphatic rings. The van der Waals surface area contributed by atoms with E-state index in [1.807, 2.05) is 6.07 Å². The highest BCUT2D eigenvalue weighted by atomic mass is 16.5. The first kappa shape index (κ1) is 17.7. The number of hydrogen-bond donors (Lipinski definition) is 1. The number of hydrogen-bond acceptors (Lipinski definition) is 4. The van der Waals surface area contributed by atoms with Crippen LogP contribution in [0.5, 0.6) is 0 Å². The number of benzene rings is 1. The number of rotatable bonds is 4. The Morgan fingerprint density at radius 2 is 1.92 bits per heavy atom. The third-order valence-electron chi connectivity index (χ3n) is 4.44. The minimum atomic E-state index is -0.421. The molecule has 1 aromatic rings. The fourth-order valence-electron chi connectivity index (χ4n) is 2.93. The molecule has 1 amide bonds. The summed E-state index contributed by atoms with van der Waals surface area (Å²) in [5, 5.41) is 12.3. The fraction of sp³-hybridized carbons (Fsp3) is 0.421. The van der Waals surface area contributed by atoms with Crippen LogP contribution in [0.15, 0.2) is 29.8 Å². The summed E-state index contributed by atoms with van der Waals surface area (Å²) in [6, 6.07) is 8.66. The van der Waals surface area contributed by atoms with Crippen molar-refractivity contribution >= 4 is 18.0 Å². The summed E-state index contributed by atoms with van der Waals surface area (Å²) in [6.45, 7) is 2.13. The standard InChI is InChI=1S/C19H22N2O3/c1-13-5-3-4-6-17(13)21-18(22)16(12-20)11-14-7-9-15(10-8-14)19(23)24-2/h7-11,13,17H,3-6H2,1-2H3,(H,21,22)/b16-11+/t13-,17+/m1/s1. The number of nitrogens with zero attached hydrogens (tertiary/aromatic N) is 1. The van der Waals surface area contributed by atoms with E-state index in [0.717, 1.165) is 19.3 Å². The molecule has 24 heavy (non-hydrogen) atoms. The molecule has 0 bridgehead atoms. The van der Waals surface area contributed by atoms with Gasteiger partial charge in [0.25, 0.3) is 5.91 Å². The van der Waals surface area contributed by atoms with Crippen LogP contribution in [0.1, 0.15) is 48.5 Å². The van der Waals surface area contributed by atoms with Gasteiger partial charge < -0.3 is 10.1 Å². The van der Waals surface area contributed by atoms with E-state index in [1.165, 1.54) is 19.6 Å². The molecule has 2 atom stereocenters. The minimum Gasteiger partial charge on any atom is -0.465 e. The van der Waals surface area contributed by atoms with Crippen molar-refractivity contribution in [3.8, 4) is 6.07 Å². The van der Waals surface area contributed by atoms with Crippen LogP contribution in [0.2, 0.25) is 0 Å². The van der Waals surface area contributed by atoms with Gasteiger partial charge in [-0.2, -0.15) is 5.26 Å². The monoisotopic (exact) mass is 326 g/mol. The van der Waals surface area contributed by atoms with Gasteiger partial charge in [0.1, 0.15) is 11.6 Å². The Hall–Kier alpha value is -2.61. The maximum Gasteiger partial charge on any atom is 0.337 e. The van der Waals surface area contributed by atoms with Crippen LogP contribution < -0.4 is 5.32 Å². The van der Waals surface area contributed by atoms with Gasteiger partial charge in [-0.1, -0.05) is 31.9 Å². The van der Waals surface area contributed by atoms with Crippen LogP contribution in [-0.4, -0.2) is 25.0 Å². The summed E-state index contributed by atoms with van der Waals surface area (Å²) >= 11 is 0. The quantitative estimate of drug-likeness (QED) is 0.524. The lowest BCUT2D eigenvalue weighted by molar-refractivity contribution is -0.118. The van der Waals surface area contributed by atoms with Crippen molar-refractivity contribution in [2.75, 3.05) is 7.11 Å². The average molecular weight is 326 g/mol. The molecule has 5 heteroatoms. The molecule has 1 N–H and O–H groups in total. The van der Waals surface area contributed by atoms with E-state index in [1.54, 1.807) is 24.3 Å². The number of ether oxygens (including phenoxy) is 1. The van der Waals surface area contributed by atoms with Crippen molar-refractivity contribution in [3.05, 3.63) is 41.0 Å². The molecule has 0 aromatic heterocycles. The zero-order valence-electron chi connectivity index (χ0n) is 14.0. The normalized spacial score (nSPS) is 20.8. The van der Waals surface area contributed by atoms with E-state index < -0.39 is 5.97 Å². The predicted octanol–water partition coefficient (Wildman–Crippen LogP) is 3.08. The molecule has 1 saturated carbocycles. The first-order chi connectivity index (χ1) is 11.5. The molecule has 1 fully saturated rings. The average Bonchev–Trinajstić information content (AvgIpc) is 2.61. The van der Waals surface area contributed by atoms with Crippen molar-refractivity contribution in [2.24, 2.45) is 5.92 Å². The molecule has 0 spiro atoms. The van der Waals surface area contributed by atoms with E-state index in [4.69, 9.17) is 0 Å². The smallest absolute Gasteiger partial charge is 0.337 e. The van der Waals surface area contributed by atoms with E-state index in [2.05, 4.69) is 17.0 Å². The highest BCUT2D eigenvalue weighted by Gasteiger charge is 2.24. The third kappa shape index (κ3) is 4.45. The lowest BCUT2D eigenvalue weighted by Gasteiger charge is -2.29. The number of amides is 1. The van der Waals surface area contributed by atoms with Gasteiger partial charge in [-0.25, -0.2) is 4.79 Å². The van der Waals surface area contributed by atoms with Crippen molar-refractivity contribution in [3.63, 3.8) is 0 Å². The second-order valence-electron chi connectivity index (χ2n) is 6.13. The molecule has 1 aliphatic carbocycles. The van der Waals surface area contributed by atoms with E-state index >= 15 is 0 Å². The minimum absolute atomic E-state index is 0.0681. The number of esters is 1. The summed E-state index contributed by atoms with van der Waals surface area (Å²) in [6.07, 6.45) is 5.89. The van der Waals surface area contributed by atoms with Gasteiger partial charge in [0, 0.05) is 6.04 Å². The van der Waals surface area contributed by atoms with Gasteiger partial charge in [0.2, 0.25) is 0 Å². The predicted molar refractivity (Wildman–Crippen MR) is 90.9 cm³/mol. The number of carbonyl (C=O) groups excluding carboxylic acids is 2. The van der Waals surface area contributed by atoms with Gasteiger partial charge in [0.15, 0.2) is 0 Å². The SMILES string of the molecule is COC(=O)c1ccc(/C=C(\C#N)C(=O)N[C@H]2CCCC[C@H]2C)cc1. The lowest BCUT2D eigenvalue weighted by Crippen LogP contribution is -2.41. The van der Waals surface area contributed by atoms with Crippen LogP contribution in [-0.2, 0) is 9.53 Å². The summed E-state index contributed by atoms with van der Waals surface area (Å²) in [4.78, 5) is 23.7. The first-order valence-corrected chi connectivity index (χ1v) is 8.16. The van der Waals surface area contributed by atoms with Crippen LogP contribution in [0.4, 0.5) is 0 Å². The molecule has 5 nitrogen and oxygen atoms in total. The highest BCUT2D eigenvalue weighted by molar-refractivity contribution is 6.02. The van der Waals surface area contributed by atoms with Gasteiger partial charge in [-0.3, -0.25) is 4.79 Å². The van der Waals surface area contributed by atoms with E-state index in [9.17, 15) is 14.9 Å². The topological polar surface area (TPSA) is 79.2 Å². The Balaban J connectivity index is 2.09. The van der Waals surface area contributed by atoms with Crippen LogP contribution >= 0.6 is 0 Å². The van der Waals surface area contributed by atoms with E-state index in [-0.39, 0.29) is 17.5 Å². The second-order valence-corrected chi connectivity index (χ2v) is 6.13. The van der Waals surface area contributed by atoms with Crippen molar-refractivity contribution in [2.45, 2.75) is 38.6 Å². The maximum absolute atomic E-state index is 12.3. The molecule has 0 heterocycles. The van der Waals surface area contributed by atoms with E-state index in [0.29, 0.717) is 17.0 Å². The van der Waals surface area contributed by atoms with Gasteiger partial charge in [-0.15, -0.1) is 0 Å². The molecule has 2 rings (SSSR count). The lowest BCUT2D eigenvalue weighted by atomic mass is 9.86. The van der Waals surface area contributed by atoms with Crippen LogP contribution in [0.25, 0.3) is 6.08 Å². The van der Waals surface area contributed by atoms with Crippen molar-refractivity contribution in [1.29, 1.82) is 5.26 Å². The zero-order chi connectivity index (χ0) is 17.5. The Labute approximate surface area is 142 Å². The Bertz CT molecular complexity index is 671. The molecule has 0 unspecified atom stereocenters. The molecule has 126 valence electrons. The van der Waals surface area contributed by atoms with Gasteiger partial charge >= 0.3 is 5.97 Å². The molecule has 0 aliphatic heterocycles. The molecule has 0 saturated heterocycles. The Kier molecular flexibility index (Phi) is 6.14. The second kappa shape index (κ2) is 8.30. The van der Waals surface area contributed by atoms with Crippen LogP contribution in [0, 0.1) is 17.2 Å². The summed E-state index contributed by atoms with van der Waals surface area (Å²) in [5.74, 6) is -0.328. The fourth-order valence-corrected chi connectivity index (χ4v) is 2.93. The third-order valence-corrected chi connectivity index (χ3v) is 4.44. The maximum atomic E-state index is 12.3. The number of methoxy groups -OCH3 is 1. The molecule has 0 radical (unpaired) electrons. The van der Waals surface area contributed by atoms with Gasteiger partial charge in [-0.05, 0) is 42.5 Å². The summed E-state index contributed by atoms with van der Waals surface area (Å²) in [5.41, 5.74) is 1.18.